The Morgan fingerprint density at radius 1 is 1.24 bits per heavy atom. The molecule has 1 aliphatic rings. The molecule has 1 unspecified atom stereocenters. The van der Waals surface area contributed by atoms with Gasteiger partial charge in [0.05, 0.1) is 6.10 Å². The summed E-state index contributed by atoms with van der Waals surface area (Å²) in [6.07, 6.45) is 2.80. The number of ether oxygens (including phenoxy) is 1. The summed E-state index contributed by atoms with van der Waals surface area (Å²) in [7, 11) is 2.06. The van der Waals surface area contributed by atoms with Crippen molar-refractivity contribution in [2.75, 3.05) is 33.3 Å². The van der Waals surface area contributed by atoms with Crippen LogP contribution in [0.5, 0.6) is 0 Å². The van der Waals surface area contributed by atoms with E-state index in [4.69, 9.17) is 4.74 Å². The lowest BCUT2D eigenvalue weighted by Gasteiger charge is -2.34. The van der Waals surface area contributed by atoms with Crippen LogP contribution in [0.15, 0.2) is 18.2 Å². The maximum absolute atomic E-state index is 5.73. The van der Waals surface area contributed by atoms with Crippen LogP contribution in [0.1, 0.15) is 42.5 Å². The molecule has 0 spiro atoms. The van der Waals surface area contributed by atoms with Crippen LogP contribution in [0.25, 0.3) is 0 Å². The Balaban J connectivity index is 1.92. The predicted octanol–water partition coefficient (Wildman–Crippen LogP) is 3.06. The Labute approximate surface area is 129 Å². The highest BCUT2D eigenvalue weighted by Gasteiger charge is 2.22. The van der Waals surface area contributed by atoms with E-state index >= 15 is 0 Å². The van der Waals surface area contributed by atoms with E-state index in [-0.39, 0.29) is 0 Å². The average Bonchev–Trinajstić information content (AvgIpc) is 2.50. The molecule has 1 atom stereocenters. The van der Waals surface area contributed by atoms with Crippen LogP contribution in [-0.4, -0.2) is 44.3 Å². The zero-order chi connectivity index (χ0) is 15.2. The summed E-state index contributed by atoms with van der Waals surface area (Å²) in [5.74, 6) is 0. The molecule has 2 rings (SSSR count). The summed E-state index contributed by atoms with van der Waals surface area (Å²) in [6, 6.07) is 7.23. The lowest BCUT2D eigenvalue weighted by molar-refractivity contribution is 0.0125. The Kier molecular flexibility index (Phi) is 6.22. The quantitative estimate of drug-likeness (QED) is 0.871. The molecule has 3 heteroatoms. The molecule has 1 heterocycles. The maximum Gasteiger partial charge on any atom is 0.0599 e. The first-order chi connectivity index (χ1) is 10.1. The van der Waals surface area contributed by atoms with Crippen LogP contribution in [0.2, 0.25) is 0 Å². The molecule has 1 aliphatic heterocycles. The second-order valence-electron chi connectivity index (χ2n) is 6.14. The van der Waals surface area contributed by atoms with E-state index in [2.05, 4.69) is 56.2 Å². The van der Waals surface area contributed by atoms with Gasteiger partial charge in [0, 0.05) is 32.3 Å². The SMILES string of the molecule is CCOC1CCN(CC(NC)c2ccc(C)c(C)c2)CC1. The van der Waals surface area contributed by atoms with Crippen molar-refractivity contribution in [3.63, 3.8) is 0 Å². The lowest BCUT2D eigenvalue weighted by atomic mass is 9.99. The third kappa shape index (κ3) is 4.53. The van der Waals surface area contributed by atoms with Crippen LogP contribution in [0, 0.1) is 13.8 Å². The summed E-state index contributed by atoms with van der Waals surface area (Å²) >= 11 is 0. The summed E-state index contributed by atoms with van der Waals surface area (Å²) in [5, 5.41) is 3.48. The predicted molar refractivity (Wildman–Crippen MR) is 88.8 cm³/mol. The minimum Gasteiger partial charge on any atom is -0.378 e. The zero-order valence-corrected chi connectivity index (χ0v) is 14.0. The first-order valence-corrected chi connectivity index (χ1v) is 8.22. The molecule has 0 bridgehead atoms. The van der Waals surface area contributed by atoms with E-state index in [1.165, 1.54) is 16.7 Å². The molecule has 1 fully saturated rings. The number of hydrogen-bond acceptors (Lipinski definition) is 3. The van der Waals surface area contributed by atoms with E-state index in [1.54, 1.807) is 0 Å². The van der Waals surface area contributed by atoms with E-state index in [9.17, 15) is 0 Å². The fourth-order valence-electron chi connectivity index (χ4n) is 3.10. The smallest absolute Gasteiger partial charge is 0.0599 e. The molecule has 0 amide bonds. The third-order valence-corrected chi connectivity index (χ3v) is 4.66. The number of benzene rings is 1. The molecule has 0 aromatic heterocycles. The molecule has 1 N–H and O–H groups in total. The van der Waals surface area contributed by atoms with Gasteiger partial charge >= 0.3 is 0 Å². The van der Waals surface area contributed by atoms with Crippen molar-refractivity contribution < 1.29 is 4.74 Å². The zero-order valence-electron chi connectivity index (χ0n) is 14.0. The van der Waals surface area contributed by atoms with E-state index < -0.39 is 0 Å². The van der Waals surface area contributed by atoms with Gasteiger partial charge in [0.1, 0.15) is 0 Å². The van der Waals surface area contributed by atoms with Gasteiger partial charge in [-0.25, -0.2) is 0 Å². The van der Waals surface area contributed by atoms with Gasteiger partial charge in [-0.2, -0.15) is 0 Å². The van der Waals surface area contributed by atoms with Gasteiger partial charge < -0.3 is 15.0 Å². The Hall–Kier alpha value is -0.900. The molecule has 1 aromatic carbocycles. The lowest BCUT2D eigenvalue weighted by Crippen LogP contribution is -2.41. The molecule has 1 aromatic rings. The highest BCUT2D eigenvalue weighted by Crippen LogP contribution is 2.21. The molecule has 21 heavy (non-hydrogen) atoms. The van der Waals surface area contributed by atoms with Crippen molar-refractivity contribution in [2.45, 2.75) is 45.8 Å². The number of likely N-dealkylation sites (tertiary alicyclic amines) is 1. The fraction of sp³-hybridized carbons (Fsp3) is 0.667. The standard InChI is InChI=1S/C18H30N2O/c1-5-21-17-8-10-20(11-9-17)13-18(19-4)16-7-6-14(2)15(3)12-16/h6-7,12,17-19H,5,8-11,13H2,1-4H3. The molecule has 3 nitrogen and oxygen atoms in total. The topological polar surface area (TPSA) is 24.5 Å². The second-order valence-corrected chi connectivity index (χ2v) is 6.14. The van der Waals surface area contributed by atoms with Crippen molar-refractivity contribution in [2.24, 2.45) is 0 Å². The van der Waals surface area contributed by atoms with Crippen molar-refractivity contribution in [1.29, 1.82) is 0 Å². The van der Waals surface area contributed by atoms with Crippen LogP contribution < -0.4 is 5.32 Å². The van der Waals surface area contributed by atoms with Gasteiger partial charge in [-0.05, 0) is 57.4 Å². The first-order valence-electron chi connectivity index (χ1n) is 8.22. The van der Waals surface area contributed by atoms with Crippen LogP contribution in [0.4, 0.5) is 0 Å². The van der Waals surface area contributed by atoms with Crippen molar-refractivity contribution in [3.05, 3.63) is 34.9 Å². The van der Waals surface area contributed by atoms with Gasteiger partial charge in [0.15, 0.2) is 0 Å². The fourth-order valence-corrected chi connectivity index (χ4v) is 3.10. The number of aryl methyl sites for hydroxylation is 2. The van der Waals surface area contributed by atoms with Gasteiger partial charge in [0.25, 0.3) is 0 Å². The minimum absolute atomic E-state index is 0.410. The van der Waals surface area contributed by atoms with Gasteiger partial charge in [-0.1, -0.05) is 18.2 Å². The van der Waals surface area contributed by atoms with Gasteiger partial charge in [0.2, 0.25) is 0 Å². The monoisotopic (exact) mass is 290 g/mol. The van der Waals surface area contributed by atoms with Gasteiger partial charge in [-0.3, -0.25) is 0 Å². The molecular weight excluding hydrogens is 260 g/mol. The molecule has 1 saturated heterocycles. The largest absolute Gasteiger partial charge is 0.378 e. The third-order valence-electron chi connectivity index (χ3n) is 4.66. The molecule has 0 aliphatic carbocycles. The van der Waals surface area contributed by atoms with Crippen molar-refractivity contribution in [1.82, 2.24) is 10.2 Å². The van der Waals surface area contributed by atoms with Crippen LogP contribution in [-0.2, 0) is 4.74 Å². The Morgan fingerprint density at radius 2 is 1.95 bits per heavy atom. The highest BCUT2D eigenvalue weighted by molar-refractivity contribution is 5.31. The second kappa shape index (κ2) is 7.92. The number of rotatable bonds is 6. The molecule has 0 radical (unpaired) electrons. The molecule has 118 valence electrons. The Morgan fingerprint density at radius 3 is 2.52 bits per heavy atom. The first kappa shape index (κ1) is 16.5. The van der Waals surface area contributed by atoms with Gasteiger partial charge in [-0.15, -0.1) is 0 Å². The Bertz CT molecular complexity index is 439. The average molecular weight is 290 g/mol. The molecular formula is C18H30N2O. The van der Waals surface area contributed by atoms with Crippen molar-refractivity contribution in [3.8, 4) is 0 Å². The number of piperidine rings is 1. The van der Waals surface area contributed by atoms with Crippen LogP contribution in [0.3, 0.4) is 0 Å². The number of nitrogens with zero attached hydrogens (tertiary/aromatic N) is 1. The van der Waals surface area contributed by atoms with Crippen LogP contribution >= 0.6 is 0 Å². The minimum atomic E-state index is 0.410. The highest BCUT2D eigenvalue weighted by atomic mass is 16.5. The number of hydrogen-bond donors (Lipinski definition) is 1. The van der Waals surface area contributed by atoms with E-state index in [0.717, 1.165) is 39.1 Å². The van der Waals surface area contributed by atoms with E-state index in [1.807, 2.05) is 0 Å². The maximum atomic E-state index is 5.73. The number of nitrogens with one attached hydrogen (secondary N) is 1. The van der Waals surface area contributed by atoms with E-state index in [0.29, 0.717) is 12.1 Å². The number of likely N-dealkylation sites (N-methyl/N-ethyl adjacent to an activating group) is 1. The summed E-state index contributed by atoms with van der Waals surface area (Å²) < 4.78 is 5.73. The summed E-state index contributed by atoms with van der Waals surface area (Å²) in [4.78, 5) is 2.56. The summed E-state index contributed by atoms with van der Waals surface area (Å²) in [5.41, 5.74) is 4.14. The summed E-state index contributed by atoms with van der Waals surface area (Å²) in [6.45, 7) is 10.7. The van der Waals surface area contributed by atoms with Crippen molar-refractivity contribution >= 4 is 0 Å². The normalized spacial score (nSPS) is 18.9. The molecule has 0 saturated carbocycles.